The molecule has 6 rings (SSSR count). The van der Waals surface area contributed by atoms with Gasteiger partial charge in [0.1, 0.15) is 10.7 Å². The summed E-state index contributed by atoms with van der Waals surface area (Å²) in [7, 11) is 0. The molecule has 1 saturated heterocycles. The van der Waals surface area contributed by atoms with E-state index in [4.69, 9.17) is 21.4 Å². The van der Waals surface area contributed by atoms with Crippen molar-refractivity contribution in [1.82, 2.24) is 14.8 Å². The molecular weight excluding hydrogens is 468 g/mol. The number of hydrogen-bond donors (Lipinski definition) is 0. The van der Waals surface area contributed by atoms with E-state index in [9.17, 15) is 0 Å². The lowest BCUT2D eigenvalue weighted by Crippen LogP contribution is -2.40. The molecule has 0 spiro atoms. The van der Waals surface area contributed by atoms with Gasteiger partial charge in [0.2, 0.25) is 0 Å². The van der Waals surface area contributed by atoms with Crippen LogP contribution in [-0.4, -0.2) is 41.1 Å². The summed E-state index contributed by atoms with van der Waals surface area (Å²) in [4.78, 5) is 6.93. The predicted octanol–water partition coefficient (Wildman–Crippen LogP) is 6.07. The maximum absolute atomic E-state index is 6.59. The molecule has 2 aromatic heterocycles. The van der Waals surface area contributed by atoms with E-state index in [-0.39, 0.29) is 0 Å². The van der Waals surface area contributed by atoms with Crippen molar-refractivity contribution in [2.75, 3.05) is 31.2 Å². The van der Waals surface area contributed by atoms with Crippen molar-refractivity contribution in [3.63, 3.8) is 0 Å². The Morgan fingerprint density at radius 1 is 0.778 bits per heavy atom. The van der Waals surface area contributed by atoms with E-state index in [0.717, 1.165) is 52.2 Å². The number of pyridine rings is 1. The molecule has 6 heteroatoms. The van der Waals surface area contributed by atoms with Gasteiger partial charge in [-0.05, 0) is 23.6 Å². The first-order chi connectivity index (χ1) is 17.7. The van der Waals surface area contributed by atoms with E-state index in [1.54, 1.807) is 0 Å². The molecule has 0 unspecified atom stereocenters. The Morgan fingerprint density at radius 3 is 1.78 bits per heavy atom. The Bertz CT molecular complexity index is 1380. The molecule has 1 fully saturated rings. The summed E-state index contributed by atoms with van der Waals surface area (Å²) in [6, 6.07) is 33.7. The molecule has 180 valence electrons. The third-order valence-corrected chi connectivity index (χ3v) is 7.19. The number of aryl methyl sites for hydroxylation is 1. The SMILES string of the molecule is Cc1nc(Cl)cc2c1c(N1CCOCC1)nn2C(c1ccccc1)(c1ccccc1)c1ccccc1. The molecule has 0 atom stereocenters. The number of fused-ring (bicyclic) bond motifs is 1. The first kappa shape index (κ1) is 22.8. The maximum Gasteiger partial charge on any atom is 0.160 e. The Kier molecular flexibility index (Phi) is 5.96. The lowest BCUT2D eigenvalue weighted by molar-refractivity contribution is 0.122. The summed E-state index contributed by atoms with van der Waals surface area (Å²) in [5.41, 5.74) is 4.44. The highest BCUT2D eigenvalue weighted by atomic mass is 35.5. The van der Waals surface area contributed by atoms with Crippen LogP contribution < -0.4 is 4.90 Å². The van der Waals surface area contributed by atoms with Crippen molar-refractivity contribution in [1.29, 1.82) is 0 Å². The second-order valence-corrected chi connectivity index (χ2v) is 9.46. The van der Waals surface area contributed by atoms with E-state index in [1.165, 1.54) is 0 Å². The van der Waals surface area contributed by atoms with Crippen LogP contribution in [0, 0.1) is 6.92 Å². The van der Waals surface area contributed by atoms with Crippen LogP contribution in [0.5, 0.6) is 0 Å². The average molecular weight is 495 g/mol. The van der Waals surface area contributed by atoms with Crippen LogP contribution in [0.1, 0.15) is 22.4 Å². The van der Waals surface area contributed by atoms with Crippen molar-refractivity contribution < 1.29 is 4.74 Å². The monoisotopic (exact) mass is 494 g/mol. The predicted molar refractivity (Wildman–Crippen MR) is 145 cm³/mol. The highest BCUT2D eigenvalue weighted by molar-refractivity contribution is 6.30. The molecule has 1 aliphatic heterocycles. The van der Waals surface area contributed by atoms with Crippen molar-refractivity contribution in [2.45, 2.75) is 12.5 Å². The lowest BCUT2D eigenvalue weighted by Gasteiger charge is -2.37. The molecule has 0 amide bonds. The lowest BCUT2D eigenvalue weighted by atomic mass is 9.77. The van der Waals surface area contributed by atoms with Crippen molar-refractivity contribution in [3.8, 4) is 0 Å². The van der Waals surface area contributed by atoms with E-state index in [0.29, 0.717) is 18.4 Å². The first-order valence-corrected chi connectivity index (χ1v) is 12.6. The Morgan fingerprint density at radius 2 is 1.28 bits per heavy atom. The molecule has 0 saturated carbocycles. The summed E-state index contributed by atoms with van der Waals surface area (Å²) in [6.45, 7) is 4.93. The van der Waals surface area contributed by atoms with Gasteiger partial charge >= 0.3 is 0 Å². The van der Waals surface area contributed by atoms with Gasteiger partial charge in [0.15, 0.2) is 5.82 Å². The number of aromatic nitrogens is 3. The highest BCUT2D eigenvalue weighted by Gasteiger charge is 2.41. The summed E-state index contributed by atoms with van der Waals surface area (Å²) in [5.74, 6) is 0.919. The topological polar surface area (TPSA) is 43.2 Å². The smallest absolute Gasteiger partial charge is 0.160 e. The van der Waals surface area contributed by atoms with Crippen LogP contribution in [0.25, 0.3) is 10.9 Å². The van der Waals surface area contributed by atoms with Crippen molar-refractivity contribution >= 4 is 28.3 Å². The zero-order valence-electron chi connectivity index (χ0n) is 20.1. The number of morpholine rings is 1. The van der Waals surface area contributed by atoms with Crippen LogP contribution in [0.3, 0.4) is 0 Å². The Balaban J connectivity index is 1.77. The van der Waals surface area contributed by atoms with Gasteiger partial charge in [-0.2, -0.15) is 5.10 Å². The number of nitrogens with zero attached hydrogens (tertiary/aromatic N) is 4. The van der Waals surface area contributed by atoms with Crippen LogP contribution >= 0.6 is 11.6 Å². The number of rotatable bonds is 5. The molecule has 0 aliphatic carbocycles. The minimum absolute atomic E-state index is 0.456. The zero-order chi connectivity index (χ0) is 24.5. The summed E-state index contributed by atoms with van der Waals surface area (Å²) >= 11 is 6.59. The normalized spacial score (nSPS) is 14.3. The van der Waals surface area contributed by atoms with Crippen LogP contribution in [-0.2, 0) is 10.3 Å². The molecule has 0 N–H and O–H groups in total. The van der Waals surface area contributed by atoms with Gasteiger partial charge in [0.25, 0.3) is 0 Å². The molecule has 3 aromatic carbocycles. The van der Waals surface area contributed by atoms with E-state index >= 15 is 0 Å². The van der Waals surface area contributed by atoms with Crippen molar-refractivity contribution in [2.24, 2.45) is 0 Å². The highest BCUT2D eigenvalue weighted by Crippen LogP contribution is 2.44. The number of benzene rings is 3. The van der Waals surface area contributed by atoms with Crippen LogP contribution in [0.2, 0.25) is 5.15 Å². The van der Waals surface area contributed by atoms with Gasteiger partial charge in [-0.15, -0.1) is 0 Å². The van der Waals surface area contributed by atoms with E-state index in [2.05, 4.69) is 106 Å². The number of anilines is 1. The number of ether oxygens (including phenoxy) is 1. The summed E-state index contributed by atoms with van der Waals surface area (Å²) in [6.07, 6.45) is 0. The zero-order valence-corrected chi connectivity index (χ0v) is 20.9. The fraction of sp³-hybridized carbons (Fsp3) is 0.200. The molecule has 5 nitrogen and oxygen atoms in total. The third kappa shape index (κ3) is 3.67. The molecule has 0 bridgehead atoms. The number of hydrogen-bond acceptors (Lipinski definition) is 4. The Labute approximate surface area is 215 Å². The Hall–Kier alpha value is -3.67. The van der Waals surface area contributed by atoms with Gasteiger partial charge < -0.3 is 9.64 Å². The second kappa shape index (κ2) is 9.41. The van der Waals surface area contributed by atoms with E-state index in [1.807, 2.05) is 13.0 Å². The van der Waals surface area contributed by atoms with Gasteiger partial charge in [-0.25, -0.2) is 9.67 Å². The van der Waals surface area contributed by atoms with Crippen molar-refractivity contribution in [3.05, 3.63) is 125 Å². The number of halogens is 1. The minimum atomic E-state index is -0.732. The molecule has 1 aliphatic rings. The second-order valence-electron chi connectivity index (χ2n) is 9.07. The maximum atomic E-state index is 6.59. The molecule has 5 aromatic rings. The van der Waals surface area contributed by atoms with E-state index < -0.39 is 5.54 Å². The standard InChI is InChI=1S/C30H27ClN4O/c1-22-28-26(21-27(31)32-22)35(33-29(28)34-17-19-36-20-18-34)30(23-11-5-2-6-12-23,24-13-7-3-8-14-24)25-15-9-4-10-16-25/h2-16,21H,17-20H2,1H3. The quantitative estimate of drug-likeness (QED) is 0.220. The molecule has 0 radical (unpaired) electrons. The summed E-state index contributed by atoms with van der Waals surface area (Å²) < 4.78 is 7.81. The first-order valence-electron chi connectivity index (χ1n) is 12.2. The summed E-state index contributed by atoms with van der Waals surface area (Å²) in [5, 5.41) is 6.88. The largest absolute Gasteiger partial charge is 0.378 e. The van der Waals surface area contributed by atoms with Crippen LogP contribution in [0.4, 0.5) is 5.82 Å². The van der Waals surface area contributed by atoms with Gasteiger partial charge in [-0.3, -0.25) is 0 Å². The molecular formula is C30H27ClN4O. The van der Waals surface area contributed by atoms with Gasteiger partial charge in [-0.1, -0.05) is 103 Å². The van der Waals surface area contributed by atoms with Gasteiger partial charge in [0.05, 0.1) is 29.8 Å². The molecule has 3 heterocycles. The van der Waals surface area contributed by atoms with Gasteiger partial charge in [0, 0.05) is 19.2 Å². The molecule has 36 heavy (non-hydrogen) atoms. The minimum Gasteiger partial charge on any atom is -0.378 e. The fourth-order valence-electron chi connectivity index (χ4n) is 5.42. The average Bonchev–Trinajstić information content (AvgIpc) is 3.31. The fourth-order valence-corrected chi connectivity index (χ4v) is 5.65. The van der Waals surface area contributed by atoms with Crippen LogP contribution in [0.15, 0.2) is 97.1 Å². The third-order valence-electron chi connectivity index (χ3n) is 7.00.